The van der Waals surface area contributed by atoms with Gasteiger partial charge >= 0.3 is 0 Å². The number of nitriles is 1. The fraction of sp³-hybridized carbons (Fsp3) is 0.400. The monoisotopic (exact) mass is 447 g/mol. The van der Waals surface area contributed by atoms with Crippen LogP contribution in [0.3, 0.4) is 0 Å². The van der Waals surface area contributed by atoms with Gasteiger partial charge in [0.15, 0.2) is 0 Å². The van der Waals surface area contributed by atoms with Gasteiger partial charge in [0.25, 0.3) is 0 Å². The van der Waals surface area contributed by atoms with Crippen LogP contribution in [0.4, 0.5) is 5.00 Å². The summed E-state index contributed by atoms with van der Waals surface area (Å²) < 4.78 is 1.92. The minimum absolute atomic E-state index is 0.0860. The van der Waals surface area contributed by atoms with Crippen LogP contribution in [0.25, 0.3) is 0 Å². The molecule has 1 aliphatic carbocycles. The molecule has 0 aliphatic heterocycles. The van der Waals surface area contributed by atoms with Crippen LogP contribution in [0.5, 0.6) is 0 Å². The van der Waals surface area contributed by atoms with Gasteiger partial charge in [0.1, 0.15) is 11.1 Å². The predicted molar refractivity (Wildman–Crippen MR) is 128 cm³/mol. The first-order chi connectivity index (χ1) is 15.5. The van der Waals surface area contributed by atoms with Crippen molar-refractivity contribution >= 4 is 22.2 Å². The number of fused-ring (bicyclic) bond motifs is 1. The van der Waals surface area contributed by atoms with Crippen LogP contribution in [0, 0.1) is 11.3 Å². The summed E-state index contributed by atoms with van der Waals surface area (Å²) in [5.74, 6) is -0.0860. The molecule has 166 valence electrons. The van der Waals surface area contributed by atoms with Gasteiger partial charge in [0.2, 0.25) is 5.91 Å². The fourth-order valence-electron chi connectivity index (χ4n) is 4.14. The molecule has 1 aromatic carbocycles. The zero-order valence-electron chi connectivity index (χ0n) is 18.7. The average molecular weight is 448 g/mol. The number of anilines is 1. The van der Waals surface area contributed by atoms with Crippen LogP contribution in [0.1, 0.15) is 53.3 Å². The number of benzene rings is 1. The van der Waals surface area contributed by atoms with Gasteiger partial charge < -0.3 is 5.32 Å². The van der Waals surface area contributed by atoms with E-state index in [2.05, 4.69) is 28.6 Å². The molecule has 0 bridgehead atoms. The molecule has 1 amide bonds. The fourth-order valence-corrected chi connectivity index (χ4v) is 5.38. The standard InChI is InChI=1S/C25H29N5OS/c1-18(24(31)28-25-22(13-26)21-11-7-4-8-12-23(21)32-25)29(2)15-20-14-27-30(17-20)16-19-9-5-3-6-10-19/h3,5-6,9-10,14,17-18H,4,7-8,11-12,15-16H2,1-2H3,(H,28,31). The Morgan fingerprint density at radius 1 is 1.25 bits per heavy atom. The van der Waals surface area contributed by atoms with Crippen molar-refractivity contribution in [2.45, 2.75) is 58.2 Å². The molecule has 0 saturated carbocycles. The Hall–Kier alpha value is -2.95. The van der Waals surface area contributed by atoms with Crippen molar-refractivity contribution in [3.63, 3.8) is 0 Å². The molecule has 1 unspecified atom stereocenters. The molecule has 1 aliphatic rings. The lowest BCUT2D eigenvalue weighted by atomic mass is 10.1. The second-order valence-electron chi connectivity index (χ2n) is 8.49. The number of rotatable bonds is 7. The number of carbonyl (C=O) groups is 1. The molecule has 1 atom stereocenters. The van der Waals surface area contributed by atoms with Crippen LogP contribution >= 0.6 is 11.3 Å². The summed E-state index contributed by atoms with van der Waals surface area (Å²) >= 11 is 1.58. The van der Waals surface area contributed by atoms with E-state index in [1.165, 1.54) is 16.9 Å². The van der Waals surface area contributed by atoms with E-state index in [4.69, 9.17) is 0 Å². The lowest BCUT2D eigenvalue weighted by molar-refractivity contribution is -0.120. The van der Waals surface area contributed by atoms with E-state index in [0.29, 0.717) is 17.1 Å². The van der Waals surface area contributed by atoms with Gasteiger partial charge in [0, 0.05) is 23.2 Å². The molecule has 0 spiro atoms. The normalized spacial score (nSPS) is 14.4. The largest absolute Gasteiger partial charge is 0.315 e. The first kappa shape index (κ1) is 22.3. The van der Waals surface area contributed by atoms with Crippen LogP contribution in [-0.2, 0) is 30.7 Å². The molecule has 0 radical (unpaired) electrons. The van der Waals surface area contributed by atoms with Crippen LogP contribution < -0.4 is 5.32 Å². The van der Waals surface area contributed by atoms with E-state index < -0.39 is 0 Å². The second-order valence-corrected chi connectivity index (χ2v) is 9.60. The van der Waals surface area contributed by atoms with Crippen molar-refractivity contribution in [2.24, 2.45) is 0 Å². The third-order valence-corrected chi connectivity index (χ3v) is 7.32. The van der Waals surface area contributed by atoms with Crippen molar-refractivity contribution in [2.75, 3.05) is 12.4 Å². The average Bonchev–Trinajstić information content (AvgIpc) is 3.29. The van der Waals surface area contributed by atoms with Gasteiger partial charge in [0.05, 0.1) is 24.3 Å². The van der Waals surface area contributed by atoms with Crippen molar-refractivity contribution < 1.29 is 4.79 Å². The quantitative estimate of drug-likeness (QED) is 0.538. The Labute approximate surface area is 193 Å². The highest BCUT2D eigenvalue weighted by Crippen LogP contribution is 2.37. The maximum absolute atomic E-state index is 13.0. The molecule has 32 heavy (non-hydrogen) atoms. The molecule has 6 nitrogen and oxygen atoms in total. The lowest BCUT2D eigenvalue weighted by Crippen LogP contribution is -2.39. The molecule has 7 heteroatoms. The van der Waals surface area contributed by atoms with Crippen molar-refractivity contribution in [1.29, 1.82) is 5.26 Å². The highest BCUT2D eigenvalue weighted by Gasteiger charge is 2.24. The molecule has 0 fully saturated rings. The predicted octanol–water partition coefficient (Wildman–Crippen LogP) is 4.59. The molecule has 1 N–H and O–H groups in total. The maximum Gasteiger partial charge on any atom is 0.242 e. The maximum atomic E-state index is 13.0. The number of hydrogen-bond donors (Lipinski definition) is 1. The minimum atomic E-state index is -0.332. The summed E-state index contributed by atoms with van der Waals surface area (Å²) in [6, 6.07) is 12.2. The first-order valence-electron chi connectivity index (χ1n) is 11.2. The molecule has 2 heterocycles. The van der Waals surface area contributed by atoms with Crippen molar-refractivity contribution in [1.82, 2.24) is 14.7 Å². The number of nitrogens with one attached hydrogen (secondary N) is 1. The smallest absolute Gasteiger partial charge is 0.242 e. The Bertz CT molecular complexity index is 1110. The Morgan fingerprint density at radius 2 is 2.03 bits per heavy atom. The van der Waals surface area contributed by atoms with Gasteiger partial charge in [-0.15, -0.1) is 11.3 Å². The number of thiophene rings is 1. The van der Waals surface area contributed by atoms with Crippen molar-refractivity contribution in [3.8, 4) is 6.07 Å². The highest BCUT2D eigenvalue weighted by atomic mass is 32.1. The lowest BCUT2D eigenvalue weighted by Gasteiger charge is -2.23. The number of carbonyl (C=O) groups excluding carboxylic acids is 1. The Balaban J connectivity index is 1.38. The summed E-state index contributed by atoms with van der Waals surface area (Å²) in [5, 5.41) is 17.9. The molecular formula is C25H29N5OS. The van der Waals surface area contributed by atoms with Gasteiger partial charge in [-0.1, -0.05) is 36.8 Å². The second kappa shape index (κ2) is 10.1. The van der Waals surface area contributed by atoms with E-state index in [0.717, 1.165) is 43.4 Å². The number of nitrogens with zero attached hydrogens (tertiary/aromatic N) is 4. The SMILES string of the molecule is CC(C(=O)Nc1sc2c(c1C#N)CCCCC2)N(C)Cc1cnn(Cc2ccccc2)c1. The molecule has 4 rings (SSSR count). The minimum Gasteiger partial charge on any atom is -0.315 e. The van der Waals surface area contributed by atoms with Gasteiger partial charge in [-0.25, -0.2) is 0 Å². The molecule has 2 aromatic heterocycles. The Morgan fingerprint density at radius 3 is 2.81 bits per heavy atom. The summed E-state index contributed by atoms with van der Waals surface area (Å²) in [4.78, 5) is 16.2. The number of amides is 1. The van der Waals surface area contributed by atoms with Gasteiger partial charge in [-0.05, 0) is 50.8 Å². The summed E-state index contributed by atoms with van der Waals surface area (Å²) in [5.41, 5.74) is 4.07. The molecular weight excluding hydrogens is 418 g/mol. The number of aromatic nitrogens is 2. The third-order valence-electron chi connectivity index (χ3n) is 6.12. The van der Waals surface area contributed by atoms with Crippen LogP contribution in [0.2, 0.25) is 0 Å². The molecule has 0 saturated heterocycles. The highest BCUT2D eigenvalue weighted by molar-refractivity contribution is 7.16. The third kappa shape index (κ3) is 5.09. The molecule has 3 aromatic rings. The Kier molecular flexibility index (Phi) is 7.03. The summed E-state index contributed by atoms with van der Waals surface area (Å²) in [6.45, 7) is 3.24. The van der Waals surface area contributed by atoms with E-state index in [9.17, 15) is 10.1 Å². The van der Waals surface area contributed by atoms with E-state index in [1.54, 1.807) is 11.3 Å². The zero-order valence-corrected chi connectivity index (χ0v) is 19.5. The van der Waals surface area contributed by atoms with Crippen LogP contribution in [0.15, 0.2) is 42.7 Å². The first-order valence-corrected chi connectivity index (χ1v) is 12.0. The van der Waals surface area contributed by atoms with E-state index in [1.807, 2.05) is 54.1 Å². The van der Waals surface area contributed by atoms with E-state index >= 15 is 0 Å². The van der Waals surface area contributed by atoms with Crippen molar-refractivity contribution in [3.05, 3.63) is 69.9 Å². The van der Waals surface area contributed by atoms with Crippen LogP contribution in [-0.4, -0.2) is 33.7 Å². The number of aryl methyl sites for hydroxylation is 1. The number of hydrogen-bond acceptors (Lipinski definition) is 5. The van der Waals surface area contributed by atoms with Gasteiger partial charge in [-0.2, -0.15) is 10.4 Å². The van der Waals surface area contributed by atoms with E-state index in [-0.39, 0.29) is 11.9 Å². The van der Waals surface area contributed by atoms with Gasteiger partial charge in [-0.3, -0.25) is 14.4 Å². The summed E-state index contributed by atoms with van der Waals surface area (Å²) in [7, 11) is 1.94. The zero-order chi connectivity index (χ0) is 22.5. The number of likely N-dealkylation sites (N-methyl/N-ethyl adjacent to an activating group) is 1. The summed E-state index contributed by atoms with van der Waals surface area (Å²) in [6.07, 6.45) is 9.30. The topological polar surface area (TPSA) is 74.0 Å².